The Hall–Kier alpha value is -3.52. The lowest BCUT2D eigenvalue weighted by Gasteiger charge is -2.26. The summed E-state index contributed by atoms with van der Waals surface area (Å²) in [6.07, 6.45) is 5.04. The molecule has 32 heavy (non-hydrogen) atoms. The normalized spacial score (nSPS) is 13.9. The first-order valence-electron chi connectivity index (χ1n) is 10.4. The second-order valence-electron chi connectivity index (χ2n) is 7.46. The highest BCUT2D eigenvalue weighted by Crippen LogP contribution is 2.30. The van der Waals surface area contributed by atoms with Crippen molar-refractivity contribution < 1.29 is 13.9 Å². The Morgan fingerprint density at radius 1 is 1.19 bits per heavy atom. The van der Waals surface area contributed by atoms with Crippen molar-refractivity contribution in [2.45, 2.75) is 11.6 Å². The molecule has 0 saturated carbocycles. The average molecular weight is 447 g/mol. The summed E-state index contributed by atoms with van der Waals surface area (Å²) < 4.78 is 10.9. The van der Waals surface area contributed by atoms with Crippen LogP contribution in [0.4, 0.5) is 0 Å². The number of aromatic nitrogens is 3. The summed E-state index contributed by atoms with van der Waals surface area (Å²) in [5.41, 5.74) is 4.44. The Bertz CT molecular complexity index is 1280. The molecule has 0 unspecified atom stereocenters. The summed E-state index contributed by atoms with van der Waals surface area (Å²) in [5.74, 6) is 1.51. The number of amides is 1. The van der Waals surface area contributed by atoms with E-state index in [9.17, 15) is 4.79 Å². The number of hydrogen-bond donors (Lipinski definition) is 1. The van der Waals surface area contributed by atoms with E-state index in [0.717, 1.165) is 23.3 Å². The maximum atomic E-state index is 12.7. The maximum Gasteiger partial charge on any atom is 0.277 e. The molecule has 1 amide bonds. The first kappa shape index (κ1) is 20.4. The molecule has 4 aromatic rings. The van der Waals surface area contributed by atoms with Crippen LogP contribution in [-0.4, -0.2) is 51.9 Å². The van der Waals surface area contributed by atoms with Crippen LogP contribution in [0.1, 0.15) is 12.0 Å². The third-order valence-corrected chi connectivity index (χ3v) is 6.36. The van der Waals surface area contributed by atoms with E-state index in [-0.39, 0.29) is 11.7 Å². The van der Waals surface area contributed by atoms with Gasteiger partial charge in [0.2, 0.25) is 11.8 Å². The van der Waals surface area contributed by atoms with E-state index in [1.165, 1.54) is 28.3 Å². The third kappa shape index (κ3) is 4.13. The van der Waals surface area contributed by atoms with Crippen molar-refractivity contribution in [1.82, 2.24) is 20.1 Å². The monoisotopic (exact) mass is 446 g/mol. The minimum atomic E-state index is 0.0634. The van der Waals surface area contributed by atoms with E-state index in [1.807, 2.05) is 41.3 Å². The van der Waals surface area contributed by atoms with Gasteiger partial charge in [-0.3, -0.25) is 4.79 Å². The lowest BCUT2D eigenvalue weighted by Crippen LogP contribution is -2.35. The highest BCUT2D eigenvalue weighted by molar-refractivity contribution is 7.99. The van der Waals surface area contributed by atoms with Crippen LogP contribution in [-0.2, 0) is 4.79 Å². The molecule has 0 atom stereocenters. The molecule has 0 radical (unpaired) electrons. The number of thioether (sulfide) groups is 1. The lowest BCUT2D eigenvalue weighted by atomic mass is 9.99. The number of nitrogens with zero attached hydrogens (tertiary/aromatic N) is 3. The molecule has 0 spiro atoms. The number of methoxy groups -OCH3 is 1. The first-order chi connectivity index (χ1) is 15.7. The lowest BCUT2D eigenvalue weighted by molar-refractivity contribution is -0.127. The van der Waals surface area contributed by atoms with Crippen molar-refractivity contribution in [2.75, 3.05) is 26.0 Å². The number of nitrogens with one attached hydrogen (secondary N) is 1. The maximum absolute atomic E-state index is 12.7. The van der Waals surface area contributed by atoms with E-state index >= 15 is 0 Å². The van der Waals surface area contributed by atoms with Crippen LogP contribution >= 0.6 is 11.8 Å². The van der Waals surface area contributed by atoms with Crippen molar-refractivity contribution in [3.05, 3.63) is 66.4 Å². The fourth-order valence-electron chi connectivity index (χ4n) is 3.81. The Balaban J connectivity index is 1.18. The van der Waals surface area contributed by atoms with Gasteiger partial charge in [0.25, 0.3) is 5.22 Å². The van der Waals surface area contributed by atoms with Crippen molar-refractivity contribution in [2.24, 2.45) is 0 Å². The molecule has 162 valence electrons. The number of aromatic amines is 1. The predicted octanol–water partition coefficient (Wildman–Crippen LogP) is 4.63. The van der Waals surface area contributed by atoms with Crippen LogP contribution in [0.15, 0.2) is 70.4 Å². The van der Waals surface area contributed by atoms with Gasteiger partial charge in [-0.05, 0) is 42.3 Å². The van der Waals surface area contributed by atoms with Crippen molar-refractivity contribution in [3.63, 3.8) is 0 Å². The minimum absolute atomic E-state index is 0.0634. The molecule has 1 N–H and O–H groups in total. The molecular formula is C24H22N4O3S. The van der Waals surface area contributed by atoms with Crippen LogP contribution < -0.4 is 4.74 Å². The number of para-hydroxylation sites is 1. The Morgan fingerprint density at radius 2 is 2.03 bits per heavy atom. The Kier molecular flexibility index (Phi) is 5.68. The summed E-state index contributed by atoms with van der Waals surface area (Å²) in [5, 5.41) is 9.74. The molecular weight excluding hydrogens is 424 g/mol. The van der Waals surface area contributed by atoms with E-state index in [4.69, 9.17) is 9.15 Å². The number of benzene rings is 2. The van der Waals surface area contributed by atoms with Gasteiger partial charge >= 0.3 is 0 Å². The van der Waals surface area contributed by atoms with E-state index < -0.39 is 0 Å². The van der Waals surface area contributed by atoms with Crippen molar-refractivity contribution >= 4 is 34.1 Å². The fourth-order valence-corrected chi connectivity index (χ4v) is 4.48. The third-order valence-electron chi connectivity index (χ3n) is 5.56. The van der Waals surface area contributed by atoms with Gasteiger partial charge in [-0.25, -0.2) is 0 Å². The van der Waals surface area contributed by atoms with Gasteiger partial charge in [0.05, 0.1) is 12.9 Å². The largest absolute Gasteiger partial charge is 0.497 e. The van der Waals surface area contributed by atoms with Crippen molar-refractivity contribution in [3.8, 4) is 17.2 Å². The Morgan fingerprint density at radius 3 is 2.81 bits per heavy atom. The molecule has 0 fully saturated rings. The van der Waals surface area contributed by atoms with Gasteiger partial charge in [0.15, 0.2) is 0 Å². The Labute approximate surface area is 189 Å². The van der Waals surface area contributed by atoms with Gasteiger partial charge in [0, 0.05) is 41.3 Å². The molecule has 8 heteroatoms. The molecule has 0 bridgehead atoms. The second-order valence-corrected chi connectivity index (χ2v) is 8.38. The fraction of sp³-hybridized carbons (Fsp3) is 0.208. The molecule has 0 aliphatic carbocycles. The molecule has 1 aliphatic rings. The van der Waals surface area contributed by atoms with Gasteiger partial charge in [0.1, 0.15) is 5.75 Å². The van der Waals surface area contributed by atoms with Crippen LogP contribution in [0.3, 0.4) is 0 Å². The molecule has 5 rings (SSSR count). The molecule has 3 heterocycles. The van der Waals surface area contributed by atoms with Crippen LogP contribution in [0.5, 0.6) is 5.75 Å². The summed E-state index contributed by atoms with van der Waals surface area (Å²) in [6.45, 7) is 1.31. The SMILES string of the molecule is COc1ccc(-c2nnc(SCC(=O)N3CC=C(c4c[nH]c5ccccc45)CC3)o2)cc1. The zero-order valence-corrected chi connectivity index (χ0v) is 18.4. The first-order valence-corrected chi connectivity index (χ1v) is 11.3. The highest BCUT2D eigenvalue weighted by Gasteiger charge is 2.20. The highest BCUT2D eigenvalue weighted by atomic mass is 32.2. The van der Waals surface area contributed by atoms with E-state index in [1.54, 1.807) is 7.11 Å². The van der Waals surface area contributed by atoms with Crippen LogP contribution in [0.2, 0.25) is 0 Å². The average Bonchev–Trinajstić information content (AvgIpc) is 3.50. The number of fused-ring (bicyclic) bond motifs is 1. The standard InChI is InChI=1S/C24H22N4O3S/c1-30-18-8-6-17(7-9-18)23-26-27-24(31-23)32-15-22(29)28-12-10-16(11-13-28)20-14-25-21-5-3-2-4-19(20)21/h2-10,14,25H,11-13,15H2,1H3. The van der Waals surface area contributed by atoms with Gasteiger partial charge in [-0.1, -0.05) is 36.0 Å². The second kappa shape index (κ2) is 8.92. The number of H-pyrrole nitrogens is 1. The molecule has 7 nitrogen and oxygen atoms in total. The number of hydrogen-bond acceptors (Lipinski definition) is 6. The zero-order valence-electron chi connectivity index (χ0n) is 17.6. The van der Waals surface area contributed by atoms with Crippen LogP contribution in [0.25, 0.3) is 27.9 Å². The predicted molar refractivity (Wildman–Crippen MR) is 124 cm³/mol. The summed E-state index contributed by atoms with van der Waals surface area (Å²) >= 11 is 1.26. The quantitative estimate of drug-likeness (QED) is 0.435. The minimum Gasteiger partial charge on any atom is -0.497 e. The zero-order chi connectivity index (χ0) is 21.9. The van der Waals surface area contributed by atoms with Crippen LogP contribution in [0, 0.1) is 0 Å². The smallest absolute Gasteiger partial charge is 0.277 e. The molecule has 2 aromatic carbocycles. The summed E-state index contributed by atoms with van der Waals surface area (Å²) in [7, 11) is 1.62. The van der Waals surface area contributed by atoms with E-state index in [0.29, 0.717) is 24.2 Å². The van der Waals surface area contributed by atoms with Gasteiger partial charge in [-0.15, -0.1) is 10.2 Å². The molecule has 2 aromatic heterocycles. The summed E-state index contributed by atoms with van der Waals surface area (Å²) in [4.78, 5) is 17.9. The topological polar surface area (TPSA) is 84.3 Å². The van der Waals surface area contributed by atoms with E-state index in [2.05, 4.69) is 39.6 Å². The summed E-state index contributed by atoms with van der Waals surface area (Å²) in [6, 6.07) is 15.7. The molecule has 0 saturated heterocycles. The number of carbonyl (C=O) groups excluding carboxylic acids is 1. The van der Waals surface area contributed by atoms with Gasteiger partial charge < -0.3 is 19.0 Å². The number of ether oxygens (including phenoxy) is 1. The van der Waals surface area contributed by atoms with Crippen molar-refractivity contribution in [1.29, 1.82) is 0 Å². The number of carbonyl (C=O) groups is 1. The number of rotatable bonds is 6. The molecule has 1 aliphatic heterocycles. The van der Waals surface area contributed by atoms with Gasteiger partial charge in [-0.2, -0.15) is 0 Å².